The first-order chi connectivity index (χ1) is 9.11. The van der Waals surface area contributed by atoms with Crippen molar-refractivity contribution in [3.8, 4) is 0 Å². The molecule has 19 heavy (non-hydrogen) atoms. The van der Waals surface area contributed by atoms with Gasteiger partial charge < -0.3 is 19.9 Å². The number of aliphatic hydroxyl groups excluding tert-OH is 1. The third-order valence-electron chi connectivity index (χ3n) is 4.06. The number of hydrogen-bond acceptors (Lipinski definition) is 4. The summed E-state index contributed by atoms with van der Waals surface area (Å²) in [5.41, 5.74) is -0.214. The zero-order valence-corrected chi connectivity index (χ0v) is 12.4. The van der Waals surface area contributed by atoms with Gasteiger partial charge >= 0.3 is 0 Å². The quantitative estimate of drug-likeness (QED) is 0.707. The van der Waals surface area contributed by atoms with E-state index in [0.717, 1.165) is 19.4 Å². The molecule has 0 aromatic carbocycles. The van der Waals surface area contributed by atoms with Crippen molar-refractivity contribution < 1.29 is 14.6 Å². The van der Waals surface area contributed by atoms with Gasteiger partial charge in [0.2, 0.25) is 0 Å². The van der Waals surface area contributed by atoms with Crippen molar-refractivity contribution in [2.24, 2.45) is 0 Å². The average Bonchev–Trinajstić information content (AvgIpc) is 3.21. The second-order valence-corrected chi connectivity index (χ2v) is 6.47. The molecule has 2 aliphatic rings. The molecule has 1 heterocycles. The molecule has 0 bridgehead atoms. The van der Waals surface area contributed by atoms with Crippen LogP contribution in [0.4, 0.5) is 0 Å². The van der Waals surface area contributed by atoms with Crippen molar-refractivity contribution >= 4 is 0 Å². The molecule has 2 N–H and O–H groups in total. The fourth-order valence-corrected chi connectivity index (χ4v) is 2.79. The first-order valence-electron chi connectivity index (χ1n) is 7.73. The lowest BCUT2D eigenvalue weighted by molar-refractivity contribution is -0.0666. The Morgan fingerprint density at radius 2 is 2.16 bits per heavy atom. The highest BCUT2D eigenvalue weighted by Gasteiger charge is 2.33. The summed E-state index contributed by atoms with van der Waals surface area (Å²) in [7, 11) is 0. The van der Waals surface area contributed by atoms with Crippen LogP contribution in [0.15, 0.2) is 0 Å². The highest BCUT2D eigenvalue weighted by molar-refractivity contribution is 4.93. The van der Waals surface area contributed by atoms with Crippen LogP contribution in [-0.4, -0.2) is 48.7 Å². The van der Waals surface area contributed by atoms with Crippen LogP contribution in [0.5, 0.6) is 0 Å². The normalized spacial score (nSPS) is 28.9. The molecule has 2 rings (SSSR count). The van der Waals surface area contributed by atoms with Crippen LogP contribution >= 0.6 is 0 Å². The van der Waals surface area contributed by atoms with Gasteiger partial charge in [0.05, 0.1) is 25.4 Å². The maximum Gasteiger partial charge on any atom is 0.0808 e. The molecule has 2 fully saturated rings. The van der Waals surface area contributed by atoms with Crippen molar-refractivity contribution in [2.75, 3.05) is 19.8 Å². The number of nitrogens with one attached hydrogen (secondary N) is 1. The molecule has 0 radical (unpaired) electrons. The van der Waals surface area contributed by atoms with Gasteiger partial charge in [-0.05, 0) is 52.4 Å². The Hall–Kier alpha value is -0.160. The van der Waals surface area contributed by atoms with Crippen LogP contribution in [0.3, 0.4) is 0 Å². The fraction of sp³-hybridized carbons (Fsp3) is 1.00. The summed E-state index contributed by atoms with van der Waals surface area (Å²) in [5, 5.41) is 13.1. The molecule has 4 heteroatoms. The highest BCUT2D eigenvalue weighted by atomic mass is 16.5. The van der Waals surface area contributed by atoms with Crippen LogP contribution in [0.25, 0.3) is 0 Å². The zero-order valence-electron chi connectivity index (χ0n) is 12.4. The van der Waals surface area contributed by atoms with Crippen LogP contribution in [-0.2, 0) is 9.47 Å². The minimum absolute atomic E-state index is 0.147. The fourth-order valence-electron chi connectivity index (χ4n) is 2.79. The second kappa shape index (κ2) is 7.02. The molecule has 0 spiro atoms. The summed E-state index contributed by atoms with van der Waals surface area (Å²) < 4.78 is 11.6. The minimum atomic E-state index is -0.214. The molecule has 1 saturated carbocycles. The number of rotatable bonds is 8. The summed E-state index contributed by atoms with van der Waals surface area (Å²) in [6.45, 7) is 5.90. The van der Waals surface area contributed by atoms with Gasteiger partial charge in [0.1, 0.15) is 0 Å². The van der Waals surface area contributed by atoms with E-state index >= 15 is 0 Å². The number of aliphatic hydroxyl groups is 1. The Kier molecular flexibility index (Phi) is 5.63. The maximum absolute atomic E-state index is 9.59. The third kappa shape index (κ3) is 5.38. The van der Waals surface area contributed by atoms with Gasteiger partial charge in [0.15, 0.2) is 0 Å². The maximum atomic E-state index is 9.59. The third-order valence-corrected chi connectivity index (χ3v) is 4.06. The second-order valence-electron chi connectivity index (χ2n) is 6.47. The van der Waals surface area contributed by atoms with E-state index < -0.39 is 0 Å². The molecule has 4 nitrogen and oxygen atoms in total. The van der Waals surface area contributed by atoms with Gasteiger partial charge in [-0.15, -0.1) is 0 Å². The Bertz CT molecular complexity index is 264. The van der Waals surface area contributed by atoms with Crippen LogP contribution in [0, 0.1) is 0 Å². The summed E-state index contributed by atoms with van der Waals surface area (Å²) in [5.74, 6) is 0. The predicted octanol–water partition coefficient (Wildman–Crippen LogP) is 1.85. The van der Waals surface area contributed by atoms with Crippen LogP contribution in [0.2, 0.25) is 0 Å². The molecular formula is C15H29NO3. The van der Waals surface area contributed by atoms with Crippen molar-refractivity contribution in [2.45, 2.75) is 76.2 Å². The number of hydrogen-bond donors (Lipinski definition) is 2. The van der Waals surface area contributed by atoms with Gasteiger partial charge in [0, 0.05) is 18.2 Å². The largest absolute Gasteiger partial charge is 0.394 e. The monoisotopic (exact) mass is 271 g/mol. The van der Waals surface area contributed by atoms with E-state index in [1.165, 1.54) is 25.7 Å². The molecule has 0 amide bonds. The van der Waals surface area contributed by atoms with Gasteiger partial charge in [-0.1, -0.05) is 0 Å². The van der Waals surface area contributed by atoms with E-state index in [9.17, 15) is 5.11 Å². The van der Waals surface area contributed by atoms with E-state index in [2.05, 4.69) is 19.2 Å². The van der Waals surface area contributed by atoms with Gasteiger partial charge in [-0.2, -0.15) is 0 Å². The van der Waals surface area contributed by atoms with Crippen molar-refractivity contribution in [1.29, 1.82) is 0 Å². The first kappa shape index (κ1) is 15.2. The van der Waals surface area contributed by atoms with E-state index in [4.69, 9.17) is 9.47 Å². The molecule has 0 aromatic heterocycles. The lowest BCUT2D eigenvalue weighted by atomic mass is 9.95. The molecule has 3 atom stereocenters. The van der Waals surface area contributed by atoms with E-state index in [1.807, 2.05) is 0 Å². The highest BCUT2D eigenvalue weighted by Crippen LogP contribution is 2.25. The molecular weight excluding hydrogens is 242 g/mol. The molecule has 1 saturated heterocycles. The predicted molar refractivity (Wildman–Crippen MR) is 75.3 cm³/mol. The van der Waals surface area contributed by atoms with Crippen LogP contribution in [0.1, 0.15) is 52.4 Å². The smallest absolute Gasteiger partial charge is 0.0808 e. The van der Waals surface area contributed by atoms with Crippen molar-refractivity contribution in [1.82, 2.24) is 5.32 Å². The first-order valence-corrected chi connectivity index (χ1v) is 7.73. The van der Waals surface area contributed by atoms with Gasteiger partial charge in [-0.25, -0.2) is 0 Å². The SMILES string of the molecule is CC(CC(C)(CO)NC1CC1)OCC1CCCCO1. The lowest BCUT2D eigenvalue weighted by Gasteiger charge is -2.32. The van der Waals surface area contributed by atoms with Gasteiger partial charge in [0.25, 0.3) is 0 Å². The molecule has 0 aromatic rings. The summed E-state index contributed by atoms with van der Waals surface area (Å²) in [6, 6.07) is 0.603. The molecule has 112 valence electrons. The van der Waals surface area contributed by atoms with Crippen molar-refractivity contribution in [3.05, 3.63) is 0 Å². The molecule has 3 unspecified atom stereocenters. The summed E-state index contributed by atoms with van der Waals surface area (Å²) in [4.78, 5) is 0. The number of ether oxygens (including phenoxy) is 2. The summed E-state index contributed by atoms with van der Waals surface area (Å²) in [6.07, 6.45) is 7.28. The Labute approximate surface area is 116 Å². The Morgan fingerprint density at radius 3 is 2.74 bits per heavy atom. The van der Waals surface area contributed by atoms with E-state index in [1.54, 1.807) is 0 Å². The van der Waals surface area contributed by atoms with Crippen LogP contribution < -0.4 is 5.32 Å². The lowest BCUT2D eigenvalue weighted by Crippen LogP contribution is -2.49. The molecule has 1 aliphatic carbocycles. The summed E-state index contributed by atoms with van der Waals surface area (Å²) >= 11 is 0. The van der Waals surface area contributed by atoms with Gasteiger partial charge in [-0.3, -0.25) is 0 Å². The Balaban J connectivity index is 1.67. The minimum Gasteiger partial charge on any atom is -0.394 e. The topological polar surface area (TPSA) is 50.7 Å². The zero-order chi connectivity index (χ0) is 13.7. The van der Waals surface area contributed by atoms with Crippen molar-refractivity contribution in [3.63, 3.8) is 0 Å². The average molecular weight is 271 g/mol. The molecule has 1 aliphatic heterocycles. The Morgan fingerprint density at radius 1 is 1.37 bits per heavy atom. The van der Waals surface area contributed by atoms with E-state index in [0.29, 0.717) is 12.6 Å². The standard InChI is InChI=1S/C15H29NO3/c1-12(19-10-14-5-3-4-8-18-14)9-15(2,11-17)16-13-6-7-13/h12-14,16-17H,3-11H2,1-2H3. The van der Waals surface area contributed by atoms with E-state index in [-0.39, 0.29) is 24.4 Å².